The van der Waals surface area contributed by atoms with E-state index in [1.165, 1.54) is 0 Å². The van der Waals surface area contributed by atoms with Gasteiger partial charge in [-0.05, 0) is 37.0 Å². The topological polar surface area (TPSA) is 29.1 Å². The number of amides is 1. The molecule has 0 radical (unpaired) electrons. The van der Waals surface area contributed by atoms with Gasteiger partial charge in [-0.3, -0.25) is 4.79 Å². The summed E-state index contributed by atoms with van der Waals surface area (Å²) in [6.45, 7) is 0.554. The lowest BCUT2D eigenvalue weighted by atomic mass is 9.90. The molecule has 0 unspecified atom stereocenters. The van der Waals surface area contributed by atoms with Crippen molar-refractivity contribution in [2.75, 3.05) is 6.54 Å². The molecule has 4 heteroatoms. The van der Waals surface area contributed by atoms with Crippen LogP contribution < -0.4 is 5.32 Å². The van der Waals surface area contributed by atoms with E-state index < -0.39 is 11.6 Å². The molecule has 1 saturated heterocycles. The fourth-order valence-electron chi connectivity index (χ4n) is 1.94. The molecule has 2 nitrogen and oxygen atoms in total. The van der Waals surface area contributed by atoms with Gasteiger partial charge in [-0.15, -0.1) is 0 Å². The first kappa shape index (κ1) is 11.4. The SMILES string of the molecule is O=C1NCCCC[C@@]1(F)c1ccc(Cl)cc1. The molecule has 1 aliphatic heterocycles. The van der Waals surface area contributed by atoms with Crippen molar-refractivity contribution in [2.45, 2.75) is 24.9 Å². The maximum Gasteiger partial charge on any atom is 0.262 e. The van der Waals surface area contributed by atoms with Crippen molar-refractivity contribution in [3.63, 3.8) is 0 Å². The number of halogens is 2. The second kappa shape index (κ2) is 4.42. The average Bonchev–Trinajstić information content (AvgIpc) is 2.44. The summed E-state index contributed by atoms with van der Waals surface area (Å²) >= 11 is 5.74. The lowest BCUT2D eigenvalue weighted by Crippen LogP contribution is -2.39. The van der Waals surface area contributed by atoms with Crippen molar-refractivity contribution in [3.8, 4) is 0 Å². The van der Waals surface area contributed by atoms with Crippen molar-refractivity contribution >= 4 is 17.5 Å². The molecule has 0 bridgehead atoms. The number of carbonyl (C=O) groups is 1. The number of hydrogen-bond donors (Lipinski definition) is 1. The van der Waals surface area contributed by atoms with Gasteiger partial charge in [0.2, 0.25) is 5.67 Å². The van der Waals surface area contributed by atoms with Crippen LogP contribution in [0.3, 0.4) is 0 Å². The molecule has 1 heterocycles. The van der Waals surface area contributed by atoms with E-state index in [4.69, 9.17) is 11.6 Å². The summed E-state index contributed by atoms with van der Waals surface area (Å²) in [5, 5.41) is 3.14. The molecular weight excluding hydrogens is 229 g/mol. The maximum absolute atomic E-state index is 14.6. The monoisotopic (exact) mass is 241 g/mol. The number of nitrogens with one attached hydrogen (secondary N) is 1. The predicted molar refractivity (Wildman–Crippen MR) is 61.1 cm³/mol. The van der Waals surface area contributed by atoms with Gasteiger partial charge in [0.05, 0.1) is 0 Å². The molecule has 1 atom stereocenters. The number of alkyl halides is 1. The Morgan fingerprint density at radius 3 is 2.62 bits per heavy atom. The molecule has 1 aromatic rings. The van der Waals surface area contributed by atoms with Crippen LogP contribution in [-0.4, -0.2) is 12.5 Å². The Morgan fingerprint density at radius 1 is 1.25 bits per heavy atom. The Hall–Kier alpha value is -1.09. The molecule has 0 saturated carbocycles. The van der Waals surface area contributed by atoms with Gasteiger partial charge >= 0.3 is 0 Å². The van der Waals surface area contributed by atoms with Gasteiger partial charge in [0.1, 0.15) is 0 Å². The van der Waals surface area contributed by atoms with Crippen LogP contribution in [0.5, 0.6) is 0 Å². The van der Waals surface area contributed by atoms with Crippen LogP contribution in [0.2, 0.25) is 5.02 Å². The van der Waals surface area contributed by atoms with Crippen LogP contribution in [0.1, 0.15) is 24.8 Å². The van der Waals surface area contributed by atoms with Gasteiger partial charge in [-0.1, -0.05) is 23.7 Å². The minimum atomic E-state index is -1.90. The molecule has 1 aromatic carbocycles. The molecule has 1 aliphatic rings. The molecule has 1 N–H and O–H groups in total. The molecule has 0 aliphatic carbocycles. The van der Waals surface area contributed by atoms with Crippen molar-refractivity contribution in [1.82, 2.24) is 5.32 Å². The summed E-state index contributed by atoms with van der Waals surface area (Å²) < 4.78 is 14.6. The third-order valence-corrected chi connectivity index (χ3v) is 3.15. The van der Waals surface area contributed by atoms with Gasteiger partial charge in [0, 0.05) is 11.6 Å². The molecule has 0 aromatic heterocycles. The quantitative estimate of drug-likeness (QED) is 0.805. The highest BCUT2D eigenvalue weighted by molar-refractivity contribution is 6.30. The van der Waals surface area contributed by atoms with Crippen LogP contribution in [-0.2, 0) is 10.5 Å². The Bertz CT molecular complexity index is 393. The third-order valence-electron chi connectivity index (χ3n) is 2.90. The summed E-state index contributed by atoms with van der Waals surface area (Å²) in [5.41, 5.74) is -1.52. The number of rotatable bonds is 1. The van der Waals surface area contributed by atoms with Crippen molar-refractivity contribution in [1.29, 1.82) is 0 Å². The first-order valence-electron chi connectivity index (χ1n) is 5.36. The Balaban J connectivity index is 2.34. The minimum Gasteiger partial charge on any atom is -0.353 e. The highest BCUT2D eigenvalue weighted by Gasteiger charge is 2.40. The fourth-order valence-corrected chi connectivity index (χ4v) is 2.06. The lowest BCUT2D eigenvalue weighted by molar-refractivity contribution is -0.133. The van der Waals surface area contributed by atoms with Crippen molar-refractivity contribution < 1.29 is 9.18 Å². The minimum absolute atomic E-state index is 0.237. The lowest BCUT2D eigenvalue weighted by Gasteiger charge is -2.22. The second-order valence-corrected chi connectivity index (χ2v) is 4.46. The van der Waals surface area contributed by atoms with E-state index in [0.717, 1.165) is 6.42 Å². The van der Waals surface area contributed by atoms with E-state index in [2.05, 4.69) is 5.32 Å². The molecule has 16 heavy (non-hydrogen) atoms. The van der Waals surface area contributed by atoms with Gasteiger partial charge in [-0.25, -0.2) is 4.39 Å². The molecule has 1 fully saturated rings. The normalized spacial score (nSPS) is 26.0. The summed E-state index contributed by atoms with van der Waals surface area (Å²) in [4.78, 5) is 11.7. The van der Waals surface area contributed by atoms with Gasteiger partial charge in [0.25, 0.3) is 5.91 Å². The first-order valence-corrected chi connectivity index (χ1v) is 5.74. The van der Waals surface area contributed by atoms with Crippen LogP contribution in [0, 0.1) is 0 Å². The van der Waals surface area contributed by atoms with Gasteiger partial charge in [-0.2, -0.15) is 0 Å². The molecule has 86 valence electrons. The fraction of sp³-hybridized carbons (Fsp3) is 0.417. The van der Waals surface area contributed by atoms with E-state index in [1.54, 1.807) is 24.3 Å². The van der Waals surface area contributed by atoms with Crippen LogP contribution in [0.25, 0.3) is 0 Å². The van der Waals surface area contributed by atoms with Crippen LogP contribution >= 0.6 is 11.6 Å². The van der Waals surface area contributed by atoms with Gasteiger partial charge in [0.15, 0.2) is 0 Å². The molecule has 0 spiro atoms. The summed E-state index contributed by atoms with van der Waals surface area (Å²) in [6.07, 6.45) is 1.77. The number of benzene rings is 1. The highest BCUT2D eigenvalue weighted by Crippen LogP contribution is 2.34. The van der Waals surface area contributed by atoms with Crippen LogP contribution in [0.4, 0.5) is 4.39 Å². The summed E-state index contributed by atoms with van der Waals surface area (Å²) in [5.74, 6) is -0.535. The second-order valence-electron chi connectivity index (χ2n) is 4.02. The number of carbonyl (C=O) groups excluding carboxylic acids is 1. The van der Waals surface area contributed by atoms with E-state index in [9.17, 15) is 9.18 Å². The zero-order chi connectivity index (χ0) is 11.6. The molecule has 2 rings (SSSR count). The van der Waals surface area contributed by atoms with E-state index in [1.807, 2.05) is 0 Å². The smallest absolute Gasteiger partial charge is 0.262 e. The van der Waals surface area contributed by atoms with E-state index in [-0.39, 0.29) is 6.42 Å². The largest absolute Gasteiger partial charge is 0.353 e. The Labute approximate surface area is 98.8 Å². The standard InChI is InChI=1S/C12H13ClFNO/c13-10-5-3-9(4-6-10)12(14)7-1-2-8-15-11(12)16/h3-6H,1-2,7-8H2,(H,15,16)/t12-/m1/s1. The van der Waals surface area contributed by atoms with Crippen LogP contribution in [0.15, 0.2) is 24.3 Å². The Morgan fingerprint density at radius 2 is 1.94 bits per heavy atom. The van der Waals surface area contributed by atoms with Crippen molar-refractivity contribution in [2.24, 2.45) is 0 Å². The number of hydrogen-bond acceptors (Lipinski definition) is 1. The first-order chi connectivity index (χ1) is 7.63. The maximum atomic E-state index is 14.6. The zero-order valence-electron chi connectivity index (χ0n) is 8.80. The zero-order valence-corrected chi connectivity index (χ0v) is 9.56. The van der Waals surface area contributed by atoms with E-state index >= 15 is 0 Å². The summed E-state index contributed by atoms with van der Waals surface area (Å²) in [6, 6.07) is 6.37. The molecular formula is C12H13ClFNO. The molecule has 1 amide bonds. The summed E-state index contributed by atoms with van der Waals surface area (Å²) in [7, 11) is 0. The van der Waals surface area contributed by atoms with Gasteiger partial charge < -0.3 is 5.32 Å². The Kier molecular flexibility index (Phi) is 3.15. The third kappa shape index (κ3) is 2.05. The van der Waals surface area contributed by atoms with E-state index in [0.29, 0.717) is 23.6 Å². The average molecular weight is 242 g/mol. The van der Waals surface area contributed by atoms with Crippen molar-refractivity contribution in [3.05, 3.63) is 34.9 Å². The predicted octanol–water partition coefficient (Wildman–Crippen LogP) is 2.80. The highest BCUT2D eigenvalue weighted by atomic mass is 35.5.